The van der Waals surface area contributed by atoms with Crippen LogP contribution >= 0.6 is 0 Å². The smallest absolute Gasteiger partial charge is 0.0393 e. The second-order valence-electron chi connectivity index (χ2n) is 4.37. The van der Waals surface area contributed by atoms with Crippen LogP contribution in [0.5, 0.6) is 0 Å². The SMILES string of the molecule is CNC(CCc1ccccc1)c1cnccc1N. The summed E-state index contributed by atoms with van der Waals surface area (Å²) >= 11 is 0. The fraction of sp³-hybridized carbons (Fsp3) is 0.267. The lowest BCUT2D eigenvalue weighted by molar-refractivity contribution is 0.549. The van der Waals surface area contributed by atoms with Crippen LogP contribution in [0.3, 0.4) is 0 Å². The van der Waals surface area contributed by atoms with Crippen molar-refractivity contribution in [3.63, 3.8) is 0 Å². The van der Waals surface area contributed by atoms with Gasteiger partial charge in [0.15, 0.2) is 0 Å². The Morgan fingerprint density at radius 1 is 1.22 bits per heavy atom. The van der Waals surface area contributed by atoms with E-state index in [1.165, 1.54) is 5.56 Å². The van der Waals surface area contributed by atoms with Crippen molar-refractivity contribution in [1.29, 1.82) is 0 Å². The zero-order valence-corrected chi connectivity index (χ0v) is 10.6. The van der Waals surface area contributed by atoms with E-state index >= 15 is 0 Å². The first-order chi connectivity index (χ1) is 8.81. The van der Waals surface area contributed by atoms with Gasteiger partial charge < -0.3 is 11.1 Å². The fourth-order valence-electron chi connectivity index (χ4n) is 2.12. The van der Waals surface area contributed by atoms with Crippen LogP contribution in [0.4, 0.5) is 5.69 Å². The third-order valence-corrected chi connectivity index (χ3v) is 3.18. The van der Waals surface area contributed by atoms with E-state index in [0.29, 0.717) is 0 Å². The Balaban J connectivity index is 2.04. The zero-order valence-electron chi connectivity index (χ0n) is 10.6. The van der Waals surface area contributed by atoms with E-state index < -0.39 is 0 Å². The van der Waals surface area contributed by atoms with Crippen LogP contribution in [-0.4, -0.2) is 12.0 Å². The zero-order chi connectivity index (χ0) is 12.8. The Morgan fingerprint density at radius 3 is 2.67 bits per heavy atom. The maximum absolute atomic E-state index is 5.99. The van der Waals surface area contributed by atoms with Crippen LogP contribution < -0.4 is 11.1 Å². The van der Waals surface area contributed by atoms with Crippen molar-refractivity contribution in [2.75, 3.05) is 12.8 Å². The maximum atomic E-state index is 5.99. The number of nitrogens with zero attached hydrogens (tertiary/aromatic N) is 1. The number of aromatic nitrogens is 1. The molecule has 0 bridgehead atoms. The number of rotatable bonds is 5. The monoisotopic (exact) mass is 241 g/mol. The summed E-state index contributed by atoms with van der Waals surface area (Å²) in [5, 5.41) is 3.31. The highest BCUT2D eigenvalue weighted by Gasteiger charge is 2.12. The molecule has 2 rings (SSSR count). The van der Waals surface area contributed by atoms with Gasteiger partial charge in [0.05, 0.1) is 0 Å². The normalized spacial score (nSPS) is 12.3. The number of nitrogens with one attached hydrogen (secondary N) is 1. The van der Waals surface area contributed by atoms with Gasteiger partial charge in [-0.15, -0.1) is 0 Å². The number of nitrogens with two attached hydrogens (primary N) is 1. The second kappa shape index (κ2) is 6.17. The highest BCUT2D eigenvalue weighted by Crippen LogP contribution is 2.23. The van der Waals surface area contributed by atoms with Gasteiger partial charge in [0.1, 0.15) is 0 Å². The molecular weight excluding hydrogens is 222 g/mol. The minimum absolute atomic E-state index is 0.249. The Hall–Kier alpha value is -1.87. The van der Waals surface area contributed by atoms with Gasteiger partial charge in [0, 0.05) is 29.7 Å². The van der Waals surface area contributed by atoms with E-state index in [-0.39, 0.29) is 6.04 Å². The summed E-state index contributed by atoms with van der Waals surface area (Å²) in [4.78, 5) is 4.15. The number of benzene rings is 1. The molecule has 0 radical (unpaired) electrons. The van der Waals surface area contributed by atoms with Gasteiger partial charge in [-0.3, -0.25) is 4.98 Å². The molecular formula is C15H19N3. The second-order valence-corrected chi connectivity index (χ2v) is 4.37. The topological polar surface area (TPSA) is 50.9 Å². The predicted octanol–water partition coefficient (Wildman–Crippen LogP) is 2.56. The summed E-state index contributed by atoms with van der Waals surface area (Å²) in [5.41, 5.74) is 9.22. The summed E-state index contributed by atoms with van der Waals surface area (Å²) in [6.45, 7) is 0. The predicted molar refractivity (Wildman–Crippen MR) is 75.2 cm³/mol. The lowest BCUT2D eigenvalue weighted by Gasteiger charge is -2.18. The van der Waals surface area contributed by atoms with Gasteiger partial charge in [-0.2, -0.15) is 0 Å². The van der Waals surface area contributed by atoms with Crippen molar-refractivity contribution in [2.24, 2.45) is 0 Å². The molecule has 94 valence electrons. The fourth-order valence-corrected chi connectivity index (χ4v) is 2.12. The lowest BCUT2D eigenvalue weighted by Crippen LogP contribution is -2.18. The van der Waals surface area contributed by atoms with Crippen LogP contribution in [0, 0.1) is 0 Å². The van der Waals surface area contributed by atoms with Crippen molar-refractivity contribution in [3.05, 3.63) is 59.9 Å². The third kappa shape index (κ3) is 3.08. The number of hydrogen-bond acceptors (Lipinski definition) is 3. The van der Waals surface area contributed by atoms with Crippen molar-refractivity contribution in [3.8, 4) is 0 Å². The summed E-state index contributed by atoms with van der Waals surface area (Å²) in [6, 6.07) is 12.6. The number of anilines is 1. The van der Waals surface area contributed by atoms with Crippen LogP contribution in [0.2, 0.25) is 0 Å². The number of hydrogen-bond donors (Lipinski definition) is 2. The summed E-state index contributed by atoms with van der Waals surface area (Å²) in [5.74, 6) is 0. The molecule has 2 aromatic rings. The van der Waals surface area contributed by atoms with E-state index in [1.807, 2.05) is 25.4 Å². The standard InChI is InChI=1S/C15H19N3/c1-17-15(13-11-18-10-9-14(13)16)8-7-12-5-3-2-4-6-12/h2-6,9-11,15,17H,7-8H2,1H3,(H2,16,18). The van der Waals surface area contributed by atoms with Crippen molar-refractivity contribution in [2.45, 2.75) is 18.9 Å². The maximum Gasteiger partial charge on any atom is 0.0393 e. The molecule has 0 saturated carbocycles. The van der Waals surface area contributed by atoms with Gasteiger partial charge in [-0.25, -0.2) is 0 Å². The molecule has 0 spiro atoms. The summed E-state index contributed by atoms with van der Waals surface area (Å²) in [6.07, 6.45) is 5.61. The van der Waals surface area contributed by atoms with Crippen LogP contribution in [-0.2, 0) is 6.42 Å². The van der Waals surface area contributed by atoms with Crippen LogP contribution in [0.1, 0.15) is 23.6 Å². The number of pyridine rings is 1. The first kappa shape index (κ1) is 12.6. The largest absolute Gasteiger partial charge is 0.398 e. The highest BCUT2D eigenvalue weighted by molar-refractivity contribution is 5.46. The highest BCUT2D eigenvalue weighted by atomic mass is 14.9. The summed E-state index contributed by atoms with van der Waals surface area (Å²) < 4.78 is 0. The van der Waals surface area contributed by atoms with E-state index in [9.17, 15) is 0 Å². The molecule has 0 aliphatic heterocycles. The Bertz CT molecular complexity index is 482. The molecule has 18 heavy (non-hydrogen) atoms. The molecule has 1 unspecified atom stereocenters. The summed E-state index contributed by atoms with van der Waals surface area (Å²) in [7, 11) is 1.96. The molecule has 3 heteroatoms. The van der Waals surface area contributed by atoms with Gasteiger partial charge in [-0.1, -0.05) is 30.3 Å². The molecule has 0 aliphatic rings. The lowest BCUT2D eigenvalue weighted by atomic mass is 9.99. The van der Waals surface area contributed by atoms with Crippen molar-refractivity contribution >= 4 is 5.69 Å². The number of aryl methyl sites for hydroxylation is 1. The molecule has 0 fully saturated rings. The third-order valence-electron chi connectivity index (χ3n) is 3.18. The van der Waals surface area contributed by atoms with Gasteiger partial charge in [-0.05, 0) is 31.5 Å². The molecule has 1 heterocycles. The molecule has 1 atom stereocenters. The molecule has 0 amide bonds. The van der Waals surface area contributed by atoms with Gasteiger partial charge in [0.25, 0.3) is 0 Å². The molecule has 3 nitrogen and oxygen atoms in total. The Morgan fingerprint density at radius 2 is 2.00 bits per heavy atom. The Labute approximate surface area is 108 Å². The molecule has 1 aromatic carbocycles. The Kier molecular flexibility index (Phi) is 4.31. The number of nitrogen functional groups attached to an aromatic ring is 1. The van der Waals surface area contributed by atoms with Gasteiger partial charge >= 0.3 is 0 Å². The first-order valence-corrected chi connectivity index (χ1v) is 6.22. The molecule has 3 N–H and O–H groups in total. The molecule has 0 saturated heterocycles. The quantitative estimate of drug-likeness (QED) is 0.846. The van der Waals surface area contributed by atoms with Crippen molar-refractivity contribution in [1.82, 2.24) is 10.3 Å². The van der Waals surface area contributed by atoms with Crippen LogP contribution in [0.25, 0.3) is 0 Å². The average molecular weight is 241 g/mol. The van der Waals surface area contributed by atoms with E-state index in [4.69, 9.17) is 5.73 Å². The van der Waals surface area contributed by atoms with E-state index in [2.05, 4.69) is 34.6 Å². The van der Waals surface area contributed by atoms with E-state index in [1.54, 1.807) is 6.20 Å². The minimum Gasteiger partial charge on any atom is -0.398 e. The van der Waals surface area contributed by atoms with Gasteiger partial charge in [0.2, 0.25) is 0 Å². The molecule has 1 aromatic heterocycles. The van der Waals surface area contributed by atoms with E-state index in [0.717, 1.165) is 24.1 Å². The minimum atomic E-state index is 0.249. The van der Waals surface area contributed by atoms with Crippen molar-refractivity contribution < 1.29 is 0 Å². The average Bonchev–Trinajstić information content (AvgIpc) is 2.42. The first-order valence-electron chi connectivity index (χ1n) is 6.22. The molecule has 0 aliphatic carbocycles. The van der Waals surface area contributed by atoms with Crippen LogP contribution in [0.15, 0.2) is 48.8 Å².